The van der Waals surface area contributed by atoms with Crippen LogP contribution in [0.1, 0.15) is 31.1 Å². The molecular weight excluding hydrogens is 186 g/mol. The summed E-state index contributed by atoms with van der Waals surface area (Å²) in [5.41, 5.74) is 0. The van der Waals surface area contributed by atoms with Gasteiger partial charge in [0.15, 0.2) is 0 Å². The van der Waals surface area contributed by atoms with Crippen LogP contribution in [0.2, 0.25) is 0 Å². The third kappa shape index (κ3) is 3.06. The van der Waals surface area contributed by atoms with E-state index in [9.17, 15) is 9.90 Å². The molecule has 2 N–H and O–H groups in total. The summed E-state index contributed by atoms with van der Waals surface area (Å²) in [5.74, 6) is -0.0252. The maximum absolute atomic E-state index is 10.8. The largest absolute Gasteiger partial charge is 0.493 e. The number of H-pyrrole nitrogens is 1. The number of hydrogen-bond acceptors (Lipinski definition) is 3. The van der Waals surface area contributed by atoms with Gasteiger partial charge in [0.1, 0.15) is 0 Å². The Morgan fingerprint density at radius 1 is 1.62 bits per heavy atom. The molecule has 1 aromatic heterocycles. The van der Waals surface area contributed by atoms with Crippen molar-refractivity contribution in [2.45, 2.75) is 26.2 Å². The monoisotopic (exact) mass is 199 g/mol. The second-order valence-corrected chi connectivity index (χ2v) is 3.79. The fourth-order valence-corrected chi connectivity index (χ4v) is 1.62. The molecule has 1 aromatic rings. The van der Waals surface area contributed by atoms with Crippen LogP contribution >= 0.6 is 11.3 Å². The molecule has 0 unspecified atom stereocenters. The highest BCUT2D eigenvalue weighted by Gasteiger charge is 2.00. The Morgan fingerprint density at radius 3 is 2.92 bits per heavy atom. The van der Waals surface area contributed by atoms with Crippen molar-refractivity contribution in [1.82, 2.24) is 4.98 Å². The molecule has 0 spiro atoms. The third-order valence-corrected chi connectivity index (χ3v) is 2.49. The molecule has 0 aliphatic carbocycles. The van der Waals surface area contributed by atoms with Gasteiger partial charge in [0.05, 0.1) is 4.88 Å². The standard InChI is InChI=1S/C9H13NO2S/c1-2-3-4-5-6-7-8(11)10-9(12)13-7/h5-6,11H,2-4H2,1H3,(H,10,12)/b6-5+. The van der Waals surface area contributed by atoms with Crippen LogP contribution in [0.3, 0.4) is 0 Å². The summed E-state index contributed by atoms with van der Waals surface area (Å²) in [4.78, 5) is 13.5. The van der Waals surface area contributed by atoms with Crippen LogP contribution in [0, 0.1) is 0 Å². The zero-order valence-electron chi connectivity index (χ0n) is 7.54. The molecule has 0 bridgehead atoms. The van der Waals surface area contributed by atoms with Gasteiger partial charge in [-0.2, -0.15) is 0 Å². The van der Waals surface area contributed by atoms with E-state index in [4.69, 9.17) is 0 Å². The van der Waals surface area contributed by atoms with Crippen molar-refractivity contribution in [3.63, 3.8) is 0 Å². The van der Waals surface area contributed by atoms with Crippen LogP contribution in [0.5, 0.6) is 5.88 Å². The number of aromatic nitrogens is 1. The fraction of sp³-hybridized carbons (Fsp3) is 0.444. The van der Waals surface area contributed by atoms with Gasteiger partial charge in [0.2, 0.25) is 5.88 Å². The molecule has 0 aliphatic rings. The zero-order chi connectivity index (χ0) is 9.68. The van der Waals surface area contributed by atoms with E-state index in [-0.39, 0.29) is 10.8 Å². The van der Waals surface area contributed by atoms with Crippen molar-refractivity contribution in [2.24, 2.45) is 0 Å². The maximum Gasteiger partial charge on any atom is 0.307 e. The van der Waals surface area contributed by atoms with E-state index >= 15 is 0 Å². The zero-order valence-corrected chi connectivity index (χ0v) is 8.36. The molecule has 0 aliphatic heterocycles. The van der Waals surface area contributed by atoms with E-state index in [2.05, 4.69) is 11.9 Å². The summed E-state index contributed by atoms with van der Waals surface area (Å²) in [7, 11) is 0. The molecule has 1 rings (SSSR count). The summed E-state index contributed by atoms with van der Waals surface area (Å²) in [6.07, 6.45) is 7.04. The van der Waals surface area contributed by atoms with Gasteiger partial charge >= 0.3 is 4.87 Å². The van der Waals surface area contributed by atoms with Gasteiger partial charge in [-0.15, -0.1) is 0 Å². The first-order chi connectivity index (χ1) is 6.24. The van der Waals surface area contributed by atoms with Crippen LogP contribution in [-0.4, -0.2) is 10.1 Å². The van der Waals surface area contributed by atoms with E-state index in [0.29, 0.717) is 4.88 Å². The minimum atomic E-state index is -0.215. The highest BCUT2D eigenvalue weighted by molar-refractivity contribution is 7.10. The summed E-state index contributed by atoms with van der Waals surface area (Å²) in [5, 5.41) is 9.19. The number of hydrogen-bond donors (Lipinski definition) is 2. The van der Waals surface area contributed by atoms with Gasteiger partial charge in [-0.3, -0.25) is 9.78 Å². The molecule has 0 fully saturated rings. The number of rotatable bonds is 4. The van der Waals surface area contributed by atoms with Crippen molar-refractivity contribution in [1.29, 1.82) is 0 Å². The topological polar surface area (TPSA) is 53.1 Å². The Hall–Kier alpha value is -1.03. The van der Waals surface area contributed by atoms with E-state index in [1.807, 2.05) is 6.08 Å². The van der Waals surface area contributed by atoms with E-state index < -0.39 is 0 Å². The molecule has 0 atom stereocenters. The van der Waals surface area contributed by atoms with Gasteiger partial charge < -0.3 is 5.11 Å². The van der Waals surface area contributed by atoms with Gasteiger partial charge in [-0.05, 0) is 12.5 Å². The average Bonchev–Trinajstić information content (AvgIpc) is 2.39. The minimum Gasteiger partial charge on any atom is -0.493 e. The number of aromatic amines is 1. The lowest BCUT2D eigenvalue weighted by Crippen LogP contribution is -1.89. The minimum absolute atomic E-state index is 0.0252. The number of allylic oxidation sites excluding steroid dienone is 1. The predicted molar refractivity (Wildman–Crippen MR) is 55.2 cm³/mol. The predicted octanol–water partition coefficient (Wildman–Crippen LogP) is 2.35. The molecule has 4 heteroatoms. The Labute approximate surface area is 80.7 Å². The van der Waals surface area contributed by atoms with E-state index in [1.165, 1.54) is 0 Å². The molecule has 0 aromatic carbocycles. The fourth-order valence-electron chi connectivity index (χ4n) is 0.957. The SMILES string of the molecule is CCCC/C=C/c1sc(=O)[nH]c1O. The molecule has 0 saturated carbocycles. The van der Waals surface area contributed by atoms with Crippen molar-refractivity contribution < 1.29 is 5.11 Å². The average molecular weight is 199 g/mol. The number of aromatic hydroxyl groups is 1. The van der Waals surface area contributed by atoms with Crippen molar-refractivity contribution in [2.75, 3.05) is 0 Å². The molecule has 72 valence electrons. The number of thiazole rings is 1. The normalized spacial score (nSPS) is 11.2. The van der Waals surface area contributed by atoms with E-state index in [1.54, 1.807) is 6.08 Å². The quantitative estimate of drug-likeness (QED) is 0.731. The van der Waals surface area contributed by atoms with Crippen LogP contribution < -0.4 is 4.87 Å². The number of nitrogens with one attached hydrogen (secondary N) is 1. The van der Waals surface area contributed by atoms with Crippen LogP contribution in [0.4, 0.5) is 0 Å². The van der Waals surface area contributed by atoms with Gasteiger partial charge in [-0.1, -0.05) is 37.2 Å². The summed E-state index contributed by atoms with van der Waals surface area (Å²) >= 11 is 1.02. The Kier molecular flexibility index (Phi) is 3.76. The molecule has 13 heavy (non-hydrogen) atoms. The lowest BCUT2D eigenvalue weighted by atomic mass is 10.2. The Bertz CT molecular complexity index is 338. The Morgan fingerprint density at radius 2 is 2.38 bits per heavy atom. The van der Waals surface area contributed by atoms with Crippen LogP contribution in [0.15, 0.2) is 10.9 Å². The molecule has 1 heterocycles. The van der Waals surface area contributed by atoms with Crippen LogP contribution in [-0.2, 0) is 0 Å². The molecule has 0 saturated heterocycles. The van der Waals surface area contributed by atoms with Crippen molar-refractivity contribution >= 4 is 17.4 Å². The number of unbranched alkanes of at least 4 members (excludes halogenated alkanes) is 2. The lowest BCUT2D eigenvalue weighted by Gasteiger charge is -1.88. The Balaban J connectivity index is 2.58. The third-order valence-electron chi connectivity index (χ3n) is 1.65. The van der Waals surface area contributed by atoms with Gasteiger partial charge in [0.25, 0.3) is 0 Å². The van der Waals surface area contributed by atoms with Gasteiger partial charge in [0, 0.05) is 0 Å². The molecule has 0 amide bonds. The van der Waals surface area contributed by atoms with Crippen molar-refractivity contribution in [3.8, 4) is 5.88 Å². The van der Waals surface area contributed by atoms with Crippen LogP contribution in [0.25, 0.3) is 6.08 Å². The lowest BCUT2D eigenvalue weighted by molar-refractivity contribution is 0.455. The highest BCUT2D eigenvalue weighted by Crippen LogP contribution is 2.17. The van der Waals surface area contributed by atoms with Gasteiger partial charge in [-0.25, -0.2) is 0 Å². The molecular formula is C9H13NO2S. The first kappa shape index (κ1) is 10.1. The second-order valence-electron chi connectivity index (χ2n) is 2.77. The smallest absolute Gasteiger partial charge is 0.307 e. The summed E-state index contributed by atoms with van der Waals surface area (Å²) in [6.45, 7) is 2.12. The molecule has 3 nitrogen and oxygen atoms in total. The highest BCUT2D eigenvalue weighted by atomic mass is 32.1. The second kappa shape index (κ2) is 4.87. The summed E-state index contributed by atoms with van der Waals surface area (Å²) in [6, 6.07) is 0. The van der Waals surface area contributed by atoms with Crippen molar-refractivity contribution in [3.05, 3.63) is 20.6 Å². The van der Waals surface area contributed by atoms with E-state index in [0.717, 1.165) is 30.6 Å². The maximum atomic E-state index is 10.8. The molecule has 0 radical (unpaired) electrons. The first-order valence-electron chi connectivity index (χ1n) is 4.32. The summed E-state index contributed by atoms with van der Waals surface area (Å²) < 4.78 is 0. The first-order valence-corrected chi connectivity index (χ1v) is 5.14.